The Balaban J connectivity index is 1.28. The second kappa shape index (κ2) is 14.0. The van der Waals surface area contributed by atoms with Crippen LogP contribution in [0.3, 0.4) is 0 Å². The number of anilines is 3. The van der Waals surface area contributed by atoms with E-state index in [9.17, 15) is 31.9 Å². The molecule has 0 aromatic heterocycles. The summed E-state index contributed by atoms with van der Waals surface area (Å²) in [5, 5.41) is 5.28. The number of methoxy groups -OCH3 is 1. The van der Waals surface area contributed by atoms with Crippen molar-refractivity contribution < 1.29 is 36.7 Å². The number of carbonyl (C=O) groups is 3. The van der Waals surface area contributed by atoms with E-state index >= 15 is 0 Å². The van der Waals surface area contributed by atoms with E-state index in [1.165, 1.54) is 47.2 Å². The molecule has 0 bridgehead atoms. The number of hydrogen-bond donors (Lipinski definition) is 2. The van der Waals surface area contributed by atoms with Gasteiger partial charge < -0.3 is 30.1 Å². The maximum atomic E-state index is 13.6. The summed E-state index contributed by atoms with van der Waals surface area (Å²) in [5.41, 5.74) is 0.730. The quantitative estimate of drug-likeness (QED) is 0.340. The number of rotatable bonds is 9. The lowest BCUT2D eigenvalue weighted by atomic mass is 10.2. The first kappa shape index (κ1) is 31.3. The predicted molar refractivity (Wildman–Crippen MR) is 153 cm³/mol. The van der Waals surface area contributed by atoms with Gasteiger partial charge in [-0.2, -0.15) is 13.2 Å². The van der Waals surface area contributed by atoms with Crippen LogP contribution in [0.5, 0.6) is 0 Å². The summed E-state index contributed by atoms with van der Waals surface area (Å²) in [6, 6.07) is 16.3. The van der Waals surface area contributed by atoms with Crippen LogP contribution in [-0.2, 0) is 15.7 Å². The van der Waals surface area contributed by atoms with Crippen molar-refractivity contribution in [3.63, 3.8) is 0 Å². The minimum Gasteiger partial charge on any atom is -0.383 e. The molecule has 228 valence electrons. The van der Waals surface area contributed by atoms with Gasteiger partial charge in [-0.05, 0) is 60.7 Å². The Kier molecular flexibility index (Phi) is 10.2. The van der Waals surface area contributed by atoms with Gasteiger partial charge >= 0.3 is 12.2 Å². The van der Waals surface area contributed by atoms with Crippen molar-refractivity contribution in [2.75, 3.05) is 68.5 Å². The normalized spacial score (nSPS) is 13.4. The molecule has 0 spiro atoms. The van der Waals surface area contributed by atoms with Crippen LogP contribution in [0.15, 0.2) is 72.8 Å². The van der Waals surface area contributed by atoms with Crippen LogP contribution in [0.25, 0.3) is 0 Å². The summed E-state index contributed by atoms with van der Waals surface area (Å²) in [6.07, 6.45) is -4.50. The van der Waals surface area contributed by atoms with Gasteiger partial charge in [-0.3, -0.25) is 9.59 Å². The molecule has 43 heavy (non-hydrogen) atoms. The van der Waals surface area contributed by atoms with Crippen LogP contribution in [0.4, 0.5) is 39.4 Å². The number of urea groups is 1. The molecule has 4 rings (SSSR count). The van der Waals surface area contributed by atoms with Gasteiger partial charge in [0.2, 0.25) is 5.91 Å². The number of ether oxygens (including phenoxy) is 1. The molecule has 2 N–H and O–H groups in total. The van der Waals surface area contributed by atoms with Crippen LogP contribution in [-0.4, -0.2) is 80.6 Å². The molecule has 1 heterocycles. The molecule has 1 fully saturated rings. The van der Waals surface area contributed by atoms with Crippen molar-refractivity contribution >= 4 is 34.9 Å². The number of amides is 4. The number of benzene rings is 3. The van der Waals surface area contributed by atoms with E-state index in [4.69, 9.17) is 4.74 Å². The van der Waals surface area contributed by atoms with Gasteiger partial charge in [-0.1, -0.05) is 12.1 Å². The number of halogens is 4. The Morgan fingerprint density at radius 1 is 0.884 bits per heavy atom. The van der Waals surface area contributed by atoms with Crippen molar-refractivity contribution in [1.29, 1.82) is 0 Å². The zero-order valence-electron chi connectivity index (χ0n) is 23.4. The second-order valence-corrected chi connectivity index (χ2v) is 9.81. The molecule has 0 aliphatic carbocycles. The molecule has 4 amide bonds. The Bertz CT molecular complexity index is 1430. The molecule has 9 nitrogen and oxygen atoms in total. The first-order chi connectivity index (χ1) is 20.5. The molecule has 13 heteroatoms. The number of nitrogens with one attached hydrogen (secondary N) is 2. The van der Waals surface area contributed by atoms with E-state index in [1.54, 1.807) is 12.1 Å². The van der Waals surface area contributed by atoms with Crippen LogP contribution >= 0.6 is 0 Å². The Labute approximate surface area is 246 Å². The van der Waals surface area contributed by atoms with Gasteiger partial charge in [0.05, 0.1) is 12.2 Å². The highest BCUT2D eigenvalue weighted by Crippen LogP contribution is 2.30. The molecular formula is C30H31F4N5O4. The Hall–Kier alpha value is -4.65. The molecule has 3 aromatic carbocycles. The van der Waals surface area contributed by atoms with Crippen molar-refractivity contribution in [1.82, 2.24) is 9.80 Å². The lowest BCUT2D eigenvalue weighted by Crippen LogP contribution is -2.50. The Morgan fingerprint density at radius 3 is 2.23 bits per heavy atom. The van der Waals surface area contributed by atoms with Gasteiger partial charge in [0.15, 0.2) is 0 Å². The van der Waals surface area contributed by atoms with E-state index in [0.717, 1.165) is 23.9 Å². The lowest BCUT2D eigenvalue weighted by Gasteiger charge is -2.36. The van der Waals surface area contributed by atoms with Crippen molar-refractivity contribution in [3.05, 3.63) is 89.7 Å². The number of carbonyl (C=O) groups excluding carboxylic acids is 3. The summed E-state index contributed by atoms with van der Waals surface area (Å²) in [7, 11) is 1.47. The van der Waals surface area contributed by atoms with E-state index in [-0.39, 0.29) is 30.9 Å². The van der Waals surface area contributed by atoms with Crippen molar-refractivity contribution in [2.45, 2.75) is 6.18 Å². The number of nitrogens with zero attached hydrogens (tertiary/aromatic N) is 3. The number of hydrogen-bond acceptors (Lipinski definition) is 5. The minimum absolute atomic E-state index is 0.0695. The van der Waals surface area contributed by atoms with E-state index in [1.807, 2.05) is 17.0 Å². The van der Waals surface area contributed by atoms with E-state index < -0.39 is 35.4 Å². The largest absolute Gasteiger partial charge is 0.416 e. The zero-order valence-corrected chi connectivity index (χ0v) is 23.4. The molecule has 1 saturated heterocycles. The lowest BCUT2D eigenvalue weighted by molar-refractivity contribution is -0.137. The minimum atomic E-state index is -4.50. The summed E-state index contributed by atoms with van der Waals surface area (Å²) >= 11 is 0. The molecule has 1 aliphatic heterocycles. The smallest absolute Gasteiger partial charge is 0.383 e. The fourth-order valence-electron chi connectivity index (χ4n) is 4.53. The topological polar surface area (TPSA) is 94.2 Å². The fourth-order valence-corrected chi connectivity index (χ4v) is 4.53. The first-order valence-corrected chi connectivity index (χ1v) is 13.5. The van der Waals surface area contributed by atoms with Crippen LogP contribution in [0.2, 0.25) is 0 Å². The van der Waals surface area contributed by atoms with E-state index in [2.05, 4.69) is 10.6 Å². The first-order valence-electron chi connectivity index (χ1n) is 13.5. The molecule has 0 unspecified atom stereocenters. The van der Waals surface area contributed by atoms with Gasteiger partial charge in [0.25, 0.3) is 5.91 Å². The molecule has 0 saturated carbocycles. The highest BCUT2D eigenvalue weighted by atomic mass is 19.4. The van der Waals surface area contributed by atoms with Crippen molar-refractivity contribution in [3.8, 4) is 0 Å². The maximum absolute atomic E-state index is 13.6. The standard InChI is InChI=1S/C30H31F4N5O4/c1-43-17-16-39(28(41)21-4-2-6-23(31)18-21)20-27(40)35-24-8-10-26(11-9-24)37-12-14-38(15-13-37)29(42)36-25-7-3-5-22(19-25)30(32,33)34/h2-11,18-19H,12-17,20H2,1H3,(H,35,40)(H,36,42). The highest BCUT2D eigenvalue weighted by Gasteiger charge is 2.31. The SMILES string of the molecule is COCCN(CC(=O)Nc1ccc(N2CCN(C(=O)Nc3cccc(C(F)(F)F)c3)CC2)cc1)C(=O)c1cccc(F)c1. The van der Waals surface area contributed by atoms with Gasteiger partial charge in [0, 0.05) is 62.5 Å². The summed E-state index contributed by atoms with van der Waals surface area (Å²) in [6.45, 7) is 1.80. The third-order valence-electron chi connectivity index (χ3n) is 6.78. The second-order valence-electron chi connectivity index (χ2n) is 9.81. The molecule has 0 radical (unpaired) electrons. The fraction of sp³-hybridized carbons (Fsp3) is 0.300. The molecular weight excluding hydrogens is 570 g/mol. The predicted octanol–water partition coefficient (Wildman–Crippen LogP) is 4.93. The van der Waals surface area contributed by atoms with Crippen LogP contribution in [0.1, 0.15) is 15.9 Å². The van der Waals surface area contributed by atoms with Gasteiger partial charge in [-0.25, -0.2) is 9.18 Å². The third-order valence-corrected chi connectivity index (χ3v) is 6.78. The van der Waals surface area contributed by atoms with E-state index in [0.29, 0.717) is 31.9 Å². The highest BCUT2D eigenvalue weighted by molar-refractivity contribution is 5.99. The number of alkyl halides is 3. The van der Waals surface area contributed by atoms with Crippen LogP contribution in [0, 0.1) is 5.82 Å². The molecule has 3 aromatic rings. The average molecular weight is 602 g/mol. The summed E-state index contributed by atoms with van der Waals surface area (Å²) in [5.74, 6) is -1.49. The third kappa shape index (κ3) is 8.67. The van der Waals surface area contributed by atoms with Crippen LogP contribution < -0.4 is 15.5 Å². The monoisotopic (exact) mass is 601 g/mol. The van der Waals surface area contributed by atoms with Gasteiger partial charge in [0.1, 0.15) is 12.4 Å². The summed E-state index contributed by atoms with van der Waals surface area (Å²) in [4.78, 5) is 43.1. The zero-order chi connectivity index (χ0) is 31.0. The average Bonchev–Trinajstić information content (AvgIpc) is 2.99. The van der Waals surface area contributed by atoms with Gasteiger partial charge in [-0.15, -0.1) is 0 Å². The number of piperazine rings is 1. The Morgan fingerprint density at radius 2 is 1.58 bits per heavy atom. The maximum Gasteiger partial charge on any atom is 0.416 e. The summed E-state index contributed by atoms with van der Waals surface area (Å²) < 4.78 is 57.5. The van der Waals surface area contributed by atoms with Crippen molar-refractivity contribution in [2.24, 2.45) is 0 Å². The molecule has 0 atom stereocenters. The molecule has 1 aliphatic rings.